The predicted molar refractivity (Wildman–Crippen MR) is 74.0 cm³/mol. The average molecular weight is 259 g/mol. The van der Waals surface area contributed by atoms with E-state index in [1.54, 1.807) is 12.1 Å². The van der Waals surface area contributed by atoms with Gasteiger partial charge in [0, 0.05) is 0 Å². The molecule has 1 aromatic carbocycles. The van der Waals surface area contributed by atoms with E-state index in [9.17, 15) is 0 Å². The summed E-state index contributed by atoms with van der Waals surface area (Å²) in [5.74, 6) is 1.40. The van der Waals surface area contributed by atoms with Crippen molar-refractivity contribution < 1.29 is 9.47 Å². The molecule has 102 valence electrons. The molecule has 3 nitrogen and oxygen atoms in total. The number of hydrogen-bond acceptors (Lipinski definition) is 3. The molecule has 0 amide bonds. The van der Waals surface area contributed by atoms with E-state index in [4.69, 9.17) is 14.7 Å². The van der Waals surface area contributed by atoms with E-state index in [1.807, 2.05) is 12.1 Å². The summed E-state index contributed by atoms with van der Waals surface area (Å²) in [4.78, 5) is 0. The van der Waals surface area contributed by atoms with E-state index in [0.29, 0.717) is 30.8 Å². The van der Waals surface area contributed by atoms with Crippen LogP contribution >= 0.6 is 0 Å². The molecular weight excluding hydrogens is 238 g/mol. The van der Waals surface area contributed by atoms with Crippen molar-refractivity contribution >= 4 is 0 Å². The van der Waals surface area contributed by atoms with Crippen molar-refractivity contribution in [2.24, 2.45) is 5.92 Å². The van der Waals surface area contributed by atoms with E-state index in [1.165, 1.54) is 25.7 Å². The minimum absolute atomic E-state index is 0.391. The monoisotopic (exact) mass is 259 g/mol. The standard InChI is InChI=1S/C16H21NO2/c1-13-5-2-3-8-16(13)19-10-9-18-15-7-4-6-14(11-15)12-17/h4,6-7,11,13,16H,2-3,5,8-10H2,1H3. The molecule has 19 heavy (non-hydrogen) atoms. The molecule has 0 bridgehead atoms. The summed E-state index contributed by atoms with van der Waals surface area (Å²) in [6.07, 6.45) is 5.45. The maximum Gasteiger partial charge on any atom is 0.120 e. The van der Waals surface area contributed by atoms with Gasteiger partial charge in [-0.25, -0.2) is 0 Å². The second kappa shape index (κ2) is 7.16. The summed E-state index contributed by atoms with van der Waals surface area (Å²) in [5.41, 5.74) is 0.624. The molecule has 1 aliphatic carbocycles. The Morgan fingerprint density at radius 1 is 1.26 bits per heavy atom. The van der Waals surface area contributed by atoms with E-state index in [-0.39, 0.29) is 0 Å². The molecule has 2 atom stereocenters. The number of benzene rings is 1. The van der Waals surface area contributed by atoms with E-state index in [0.717, 1.165) is 5.75 Å². The highest BCUT2D eigenvalue weighted by atomic mass is 16.5. The molecule has 1 saturated carbocycles. The van der Waals surface area contributed by atoms with Gasteiger partial charge in [0.2, 0.25) is 0 Å². The first-order chi connectivity index (χ1) is 9.29. The first kappa shape index (κ1) is 13.9. The fraction of sp³-hybridized carbons (Fsp3) is 0.562. The highest BCUT2D eigenvalue weighted by molar-refractivity contribution is 5.36. The van der Waals surface area contributed by atoms with Crippen LogP contribution in [0.15, 0.2) is 24.3 Å². The molecule has 3 heteroatoms. The largest absolute Gasteiger partial charge is 0.491 e. The zero-order valence-electron chi connectivity index (χ0n) is 11.5. The summed E-state index contributed by atoms with van der Waals surface area (Å²) in [7, 11) is 0. The third-order valence-corrected chi connectivity index (χ3v) is 3.68. The van der Waals surface area contributed by atoms with Crippen molar-refractivity contribution in [2.45, 2.75) is 38.7 Å². The van der Waals surface area contributed by atoms with Crippen LogP contribution in [-0.4, -0.2) is 19.3 Å². The number of nitrogens with zero attached hydrogens (tertiary/aromatic N) is 1. The van der Waals surface area contributed by atoms with Gasteiger partial charge in [-0.1, -0.05) is 25.8 Å². The molecule has 0 spiro atoms. The normalized spacial score (nSPS) is 22.7. The maximum atomic E-state index is 8.80. The van der Waals surface area contributed by atoms with Crippen molar-refractivity contribution in [3.8, 4) is 11.8 Å². The lowest BCUT2D eigenvalue weighted by Gasteiger charge is -2.28. The predicted octanol–water partition coefficient (Wildman–Crippen LogP) is 3.53. The number of hydrogen-bond donors (Lipinski definition) is 0. The molecular formula is C16H21NO2. The second-order valence-electron chi connectivity index (χ2n) is 5.16. The molecule has 2 unspecified atom stereocenters. The Morgan fingerprint density at radius 3 is 2.89 bits per heavy atom. The van der Waals surface area contributed by atoms with Gasteiger partial charge in [0.25, 0.3) is 0 Å². The van der Waals surface area contributed by atoms with Gasteiger partial charge >= 0.3 is 0 Å². The molecule has 0 N–H and O–H groups in total. The summed E-state index contributed by atoms with van der Waals surface area (Å²) in [6, 6.07) is 9.32. The Morgan fingerprint density at radius 2 is 2.11 bits per heavy atom. The van der Waals surface area contributed by atoms with Gasteiger partial charge in [-0.15, -0.1) is 0 Å². The van der Waals surface area contributed by atoms with Gasteiger partial charge in [0.1, 0.15) is 12.4 Å². The van der Waals surface area contributed by atoms with Crippen LogP contribution in [0.2, 0.25) is 0 Å². The van der Waals surface area contributed by atoms with Crippen LogP contribution in [0.5, 0.6) is 5.75 Å². The molecule has 1 fully saturated rings. The fourth-order valence-corrected chi connectivity index (χ4v) is 2.54. The van der Waals surface area contributed by atoms with Gasteiger partial charge < -0.3 is 9.47 Å². The lowest BCUT2D eigenvalue weighted by molar-refractivity contribution is -0.0165. The Bertz CT molecular complexity index is 439. The molecule has 0 saturated heterocycles. The lowest BCUT2D eigenvalue weighted by Crippen LogP contribution is -2.27. The van der Waals surface area contributed by atoms with Crippen LogP contribution in [-0.2, 0) is 4.74 Å². The fourth-order valence-electron chi connectivity index (χ4n) is 2.54. The van der Waals surface area contributed by atoms with E-state index >= 15 is 0 Å². The molecule has 0 aliphatic heterocycles. The van der Waals surface area contributed by atoms with E-state index in [2.05, 4.69) is 13.0 Å². The average Bonchev–Trinajstić information content (AvgIpc) is 2.45. The van der Waals surface area contributed by atoms with Gasteiger partial charge in [0.05, 0.1) is 24.3 Å². The van der Waals surface area contributed by atoms with Crippen LogP contribution in [0.3, 0.4) is 0 Å². The maximum absolute atomic E-state index is 8.80. The molecule has 1 aliphatic rings. The molecule has 0 aromatic heterocycles. The van der Waals surface area contributed by atoms with Gasteiger partial charge in [-0.05, 0) is 37.0 Å². The Kier molecular flexibility index (Phi) is 5.23. The topological polar surface area (TPSA) is 42.2 Å². The van der Waals surface area contributed by atoms with Gasteiger partial charge in [-0.3, -0.25) is 0 Å². The molecule has 0 radical (unpaired) electrons. The Labute approximate surface area is 115 Å². The minimum Gasteiger partial charge on any atom is -0.491 e. The Hall–Kier alpha value is -1.53. The van der Waals surface area contributed by atoms with Crippen LogP contribution in [0.25, 0.3) is 0 Å². The first-order valence-corrected chi connectivity index (χ1v) is 7.04. The van der Waals surface area contributed by atoms with Crippen molar-refractivity contribution in [3.05, 3.63) is 29.8 Å². The molecule has 1 aromatic rings. The zero-order chi connectivity index (χ0) is 13.5. The van der Waals surface area contributed by atoms with Crippen LogP contribution in [0.4, 0.5) is 0 Å². The van der Waals surface area contributed by atoms with Crippen molar-refractivity contribution in [3.63, 3.8) is 0 Å². The summed E-state index contributed by atoms with van der Waals surface area (Å²) < 4.78 is 11.5. The van der Waals surface area contributed by atoms with Crippen LogP contribution in [0.1, 0.15) is 38.2 Å². The number of nitriles is 1. The van der Waals surface area contributed by atoms with Crippen LogP contribution in [0, 0.1) is 17.2 Å². The lowest BCUT2D eigenvalue weighted by atomic mass is 9.88. The quantitative estimate of drug-likeness (QED) is 0.760. The van der Waals surface area contributed by atoms with Crippen molar-refractivity contribution in [1.29, 1.82) is 5.26 Å². The Balaban J connectivity index is 1.70. The minimum atomic E-state index is 0.391. The molecule has 2 rings (SSSR count). The van der Waals surface area contributed by atoms with Gasteiger partial charge in [0.15, 0.2) is 0 Å². The summed E-state index contributed by atoms with van der Waals surface area (Å²) >= 11 is 0. The van der Waals surface area contributed by atoms with E-state index < -0.39 is 0 Å². The highest BCUT2D eigenvalue weighted by Gasteiger charge is 2.21. The number of rotatable bonds is 5. The third-order valence-electron chi connectivity index (χ3n) is 3.68. The highest BCUT2D eigenvalue weighted by Crippen LogP contribution is 2.26. The first-order valence-electron chi connectivity index (χ1n) is 7.04. The summed E-state index contributed by atoms with van der Waals surface area (Å²) in [6.45, 7) is 3.42. The third kappa shape index (κ3) is 4.25. The zero-order valence-corrected chi connectivity index (χ0v) is 11.5. The van der Waals surface area contributed by atoms with Crippen molar-refractivity contribution in [1.82, 2.24) is 0 Å². The van der Waals surface area contributed by atoms with Crippen molar-refractivity contribution in [2.75, 3.05) is 13.2 Å². The SMILES string of the molecule is CC1CCCCC1OCCOc1cccc(C#N)c1. The second-order valence-corrected chi connectivity index (χ2v) is 5.16. The summed E-state index contributed by atoms with van der Waals surface area (Å²) in [5, 5.41) is 8.80. The van der Waals surface area contributed by atoms with Crippen LogP contribution < -0.4 is 4.74 Å². The van der Waals surface area contributed by atoms with Gasteiger partial charge in [-0.2, -0.15) is 5.26 Å². The number of ether oxygens (including phenoxy) is 2. The molecule has 0 heterocycles. The smallest absolute Gasteiger partial charge is 0.120 e.